The maximum absolute atomic E-state index is 13.0. The van der Waals surface area contributed by atoms with E-state index in [1.807, 2.05) is 30.3 Å². The molecule has 8 nitrogen and oxygen atoms in total. The van der Waals surface area contributed by atoms with Gasteiger partial charge in [-0.2, -0.15) is 0 Å². The zero-order valence-corrected chi connectivity index (χ0v) is 17.1. The van der Waals surface area contributed by atoms with Crippen molar-refractivity contribution in [3.8, 4) is 5.88 Å². The number of aromatic nitrogens is 1. The van der Waals surface area contributed by atoms with Crippen molar-refractivity contribution in [2.45, 2.75) is 32.7 Å². The van der Waals surface area contributed by atoms with Crippen LogP contribution in [-0.4, -0.2) is 40.8 Å². The van der Waals surface area contributed by atoms with Crippen LogP contribution in [0.15, 0.2) is 42.6 Å². The molecule has 0 bridgehead atoms. The molecule has 0 spiro atoms. The molecule has 1 saturated heterocycles. The van der Waals surface area contributed by atoms with Crippen molar-refractivity contribution < 1.29 is 19.1 Å². The van der Waals surface area contributed by atoms with Gasteiger partial charge in [0, 0.05) is 6.54 Å². The van der Waals surface area contributed by atoms with E-state index in [0.29, 0.717) is 19.1 Å². The van der Waals surface area contributed by atoms with E-state index in [1.54, 1.807) is 11.8 Å². The Morgan fingerprint density at radius 3 is 2.63 bits per heavy atom. The number of benzene rings is 1. The number of nitrogens with two attached hydrogens (primary N) is 1. The molecule has 8 heteroatoms. The summed E-state index contributed by atoms with van der Waals surface area (Å²) in [5, 5.41) is 2.53. The van der Waals surface area contributed by atoms with E-state index in [1.165, 1.54) is 12.3 Å². The Bertz CT molecular complexity index is 932. The van der Waals surface area contributed by atoms with Crippen LogP contribution in [0.5, 0.6) is 5.88 Å². The lowest BCUT2D eigenvalue weighted by Gasteiger charge is -2.38. The Morgan fingerprint density at radius 1 is 1.23 bits per heavy atom. The number of pyridine rings is 1. The highest BCUT2D eigenvalue weighted by Crippen LogP contribution is 2.33. The summed E-state index contributed by atoms with van der Waals surface area (Å²) in [4.78, 5) is 43.0. The van der Waals surface area contributed by atoms with Gasteiger partial charge in [-0.15, -0.1) is 0 Å². The second-order valence-corrected chi connectivity index (χ2v) is 7.39. The third-order valence-corrected chi connectivity index (χ3v) is 5.11. The molecule has 30 heavy (non-hydrogen) atoms. The monoisotopic (exact) mass is 410 g/mol. The highest BCUT2D eigenvalue weighted by Gasteiger charge is 2.34. The molecular formula is C22H26N4O4. The molecule has 2 heterocycles. The minimum atomic E-state index is -0.786. The zero-order chi connectivity index (χ0) is 21.7. The van der Waals surface area contributed by atoms with E-state index in [2.05, 4.69) is 17.2 Å². The number of carbonyl (C=O) groups is 3. The van der Waals surface area contributed by atoms with E-state index in [0.717, 1.165) is 18.4 Å². The van der Waals surface area contributed by atoms with Gasteiger partial charge in [0.15, 0.2) is 0 Å². The highest BCUT2D eigenvalue weighted by atomic mass is 16.5. The molecule has 0 aliphatic carbocycles. The fourth-order valence-electron chi connectivity index (χ4n) is 3.66. The number of likely N-dealkylation sites (tertiary alicyclic amines) is 1. The van der Waals surface area contributed by atoms with Crippen LogP contribution >= 0.6 is 0 Å². The first-order valence-corrected chi connectivity index (χ1v) is 10.00. The van der Waals surface area contributed by atoms with Crippen molar-refractivity contribution in [1.29, 1.82) is 0 Å². The van der Waals surface area contributed by atoms with Crippen LogP contribution in [0, 0.1) is 5.92 Å². The first-order valence-electron chi connectivity index (χ1n) is 10.00. The fraction of sp³-hybridized carbons (Fsp3) is 0.364. The van der Waals surface area contributed by atoms with Gasteiger partial charge in [-0.3, -0.25) is 14.4 Å². The minimum Gasteiger partial charge on any atom is -0.477 e. The van der Waals surface area contributed by atoms with Crippen LogP contribution in [0.3, 0.4) is 0 Å². The number of hydrogen-bond donors (Lipinski definition) is 2. The van der Waals surface area contributed by atoms with Crippen molar-refractivity contribution in [3.05, 3.63) is 53.7 Å². The average molecular weight is 410 g/mol. The lowest BCUT2D eigenvalue weighted by atomic mass is 9.90. The largest absolute Gasteiger partial charge is 0.477 e. The van der Waals surface area contributed by atoms with Crippen molar-refractivity contribution in [2.24, 2.45) is 11.7 Å². The summed E-state index contributed by atoms with van der Waals surface area (Å²) in [5.74, 6) is -1.75. The molecule has 0 saturated carbocycles. The quantitative estimate of drug-likeness (QED) is 0.735. The number of rotatable bonds is 5. The normalized spacial score (nSPS) is 18.5. The number of nitrogens with zero attached hydrogens (tertiary/aromatic N) is 2. The molecule has 1 aliphatic heterocycles. The lowest BCUT2D eigenvalue weighted by Crippen LogP contribution is -2.46. The van der Waals surface area contributed by atoms with Gasteiger partial charge in [-0.1, -0.05) is 37.3 Å². The first-order chi connectivity index (χ1) is 14.4. The third kappa shape index (κ3) is 4.76. The molecular weight excluding hydrogens is 384 g/mol. The van der Waals surface area contributed by atoms with E-state index in [4.69, 9.17) is 10.5 Å². The summed E-state index contributed by atoms with van der Waals surface area (Å²) in [6.07, 6.45) is 3.10. The van der Waals surface area contributed by atoms with Crippen molar-refractivity contribution in [3.63, 3.8) is 0 Å². The smallest absolute Gasteiger partial charge is 0.313 e. The molecule has 1 aromatic carbocycles. The lowest BCUT2D eigenvalue weighted by molar-refractivity contribution is -0.146. The number of amides is 3. The fourth-order valence-corrected chi connectivity index (χ4v) is 3.66. The van der Waals surface area contributed by atoms with Gasteiger partial charge in [0.1, 0.15) is 5.56 Å². The van der Waals surface area contributed by atoms with Gasteiger partial charge in [0.2, 0.25) is 5.88 Å². The molecule has 3 rings (SSSR count). The Labute approximate surface area is 175 Å². The van der Waals surface area contributed by atoms with Crippen LogP contribution in [0.4, 0.5) is 5.69 Å². The standard InChI is InChI=1S/C22H26N4O4/c1-3-30-21-17(19(23)27)11-16(12-24-21)25-20(28)22(29)26-13-14(2)9-10-18(26)15-7-5-4-6-8-15/h4-8,11-12,14,18H,3,9-10,13H2,1-2H3,(H2,23,27)(H,25,28)/t14-,18+/m0/s1. The number of anilines is 1. The van der Waals surface area contributed by atoms with Gasteiger partial charge in [0.25, 0.3) is 5.91 Å². The summed E-state index contributed by atoms with van der Waals surface area (Å²) in [7, 11) is 0. The van der Waals surface area contributed by atoms with E-state index in [9.17, 15) is 14.4 Å². The van der Waals surface area contributed by atoms with Crippen LogP contribution < -0.4 is 15.8 Å². The SMILES string of the molecule is CCOc1ncc(NC(=O)C(=O)N2C[C@@H](C)CC[C@@H]2c2ccccc2)cc1C(N)=O. The number of ether oxygens (including phenoxy) is 1. The average Bonchev–Trinajstić information content (AvgIpc) is 2.74. The van der Waals surface area contributed by atoms with Crippen molar-refractivity contribution in [1.82, 2.24) is 9.88 Å². The summed E-state index contributed by atoms with van der Waals surface area (Å²) in [5.41, 5.74) is 6.61. The Balaban J connectivity index is 1.79. The van der Waals surface area contributed by atoms with Gasteiger partial charge >= 0.3 is 11.8 Å². The Morgan fingerprint density at radius 2 is 1.97 bits per heavy atom. The summed E-state index contributed by atoms with van der Waals surface area (Å²) in [6, 6.07) is 10.9. The van der Waals surface area contributed by atoms with Crippen LogP contribution in [0.25, 0.3) is 0 Å². The van der Waals surface area contributed by atoms with Crippen LogP contribution in [0.2, 0.25) is 0 Å². The van der Waals surface area contributed by atoms with E-state index in [-0.39, 0.29) is 23.2 Å². The first kappa shape index (κ1) is 21.3. The van der Waals surface area contributed by atoms with Crippen LogP contribution in [0.1, 0.15) is 48.7 Å². The van der Waals surface area contributed by atoms with Gasteiger partial charge < -0.3 is 20.7 Å². The molecule has 2 atom stereocenters. The molecule has 1 aliphatic rings. The predicted octanol–water partition coefficient (Wildman–Crippen LogP) is 2.52. The Kier molecular flexibility index (Phi) is 6.66. The van der Waals surface area contributed by atoms with E-state index >= 15 is 0 Å². The maximum Gasteiger partial charge on any atom is 0.313 e. The molecule has 0 unspecified atom stereocenters. The van der Waals surface area contributed by atoms with Gasteiger partial charge in [-0.25, -0.2) is 4.98 Å². The van der Waals surface area contributed by atoms with Crippen LogP contribution in [-0.2, 0) is 9.59 Å². The number of primary amides is 1. The molecule has 3 N–H and O–H groups in total. The van der Waals surface area contributed by atoms with E-state index < -0.39 is 17.7 Å². The molecule has 0 radical (unpaired) electrons. The summed E-state index contributed by atoms with van der Waals surface area (Å²) >= 11 is 0. The molecule has 158 valence electrons. The zero-order valence-electron chi connectivity index (χ0n) is 17.1. The van der Waals surface area contributed by atoms with Gasteiger partial charge in [-0.05, 0) is 37.3 Å². The molecule has 2 aromatic rings. The summed E-state index contributed by atoms with van der Waals surface area (Å²) in [6.45, 7) is 4.63. The second-order valence-electron chi connectivity index (χ2n) is 7.39. The maximum atomic E-state index is 13.0. The minimum absolute atomic E-state index is 0.0378. The number of nitrogens with one attached hydrogen (secondary N) is 1. The number of hydrogen-bond acceptors (Lipinski definition) is 5. The van der Waals surface area contributed by atoms with Crippen molar-refractivity contribution in [2.75, 3.05) is 18.5 Å². The molecule has 1 aromatic heterocycles. The second kappa shape index (κ2) is 9.39. The molecule has 1 fully saturated rings. The topological polar surface area (TPSA) is 115 Å². The highest BCUT2D eigenvalue weighted by molar-refractivity contribution is 6.39. The third-order valence-electron chi connectivity index (χ3n) is 5.11. The molecule has 3 amide bonds. The number of piperidine rings is 1. The number of carbonyl (C=O) groups excluding carboxylic acids is 3. The van der Waals surface area contributed by atoms with Gasteiger partial charge in [0.05, 0.1) is 24.5 Å². The predicted molar refractivity (Wildman–Crippen MR) is 112 cm³/mol. The Hall–Kier alpha value is -3.42. The van der Waals surface area contributed by atoms with Crippen molar-refractivity contribution >= 4 is 23.4 Å². The summed E-state index contributed by atoms with van der Waals surface area (Å²) < 4.78 is 5.28.